The number of amides is 1. The summed E-state index contributed by atoms with van der Waals surface area (Å²) in [7, 11) is 0. The minimum absolute atomic E-state index is 0.0855. The molecule has 11 heteroatoms. The Morgan fingerprint density at radius 1 is 1.05 bits per heavy atom. The molecule has 3 N–H and O–H groups in total. The maximum Gasteiger partial charge on any atom is 0.303 e. The number of thiazole rings is 1. The summed E-state index contributed by atoms with van der Waals surface area (Å²) in [5, 5.41) is 19.5. The van der Waals surface area contributed by atoms with Crippen molar-refractivity contribution in [2.45, 2.75) is 70.1 Å². The molecule has 2 aliphatic heterocycles. The summed E-state index contributed by atoms with van der Waals surface area (Å²) in [5.74, 6) is -1.28. The number of nitrogens with zero attached hydrogens (tertiary/aromatic N) is 3. The number of piperidine rings is 1. The molecule has 2 saturated heterocycles. The van der Waals surface area contributed by atoms with Crippen LogP contribution in [0.15, 0.2) is 42.6 Å². The van der Waals surface area contributed by atoms with Crippen LogP contribution in [0.3, 0.4) is 0 Å². The zero-order valence-corrected chi connectivity index (χ0v) is 21.3. The van der Waals surface area contributed by atoms with E-state index < -0.39 is 11.9 Å². The lowest BCUT2D eigenvalue weighted by Crippen LogP contribution is -2.49. The van der Waals surface area contributed by atoms with Crippen LogP contribution in [0.2, 0.25) is 0 Å². The zero-order chi connectivity index (χ0) is 26.4. The topological polar surface area (TPSA) is 142 Å². The highest BCUT2D eigenvalue weighted by molar-refractivity contribution is 7.20. The first kappa shape index (κ1) is 26.5. The fraction of sp³-hybridized carbons (Fsp3) is 0.423. The van der Waals surface area contributed by atoms with E-state index in [1.807, 2.05) is 24.3 Å². The van der Waals surface area contributed by atoms with Crippen LogP contribution in [0, 0.1) is 0 Å². The Hall–Kier alpha value is -3.57. The van der Waals surface area contributed by atoms with Crippen LogP contribution in [0.1, 0.15) is 51.0 Å². The van der Waals surface area contributed by atoms with Crippen LogP contribution in [0.4, 0.5) is 0 Å². The normalized spacial score (nSPS) is 20.6. The molecule has 1 unspecified atom stereocenters. The molecule has 1 aromatic carbocycles. The second kappa shape index (κ2) is 12.1. The lowest BCUT2D eigenvalue weighted by molar-refractivity contribution is -0.143. The molecular formula is C26H30N4O6S. The Kier molecular flexibility index (Phi) is 8.67. The summed E-state index contributed by atoms with van der Waals surface area (Å²) in [6.45, 7) is 2.57. The predicted molar refractivity (Wildman–Crippen MR) is 138 cm³/mol. The number of aromatic nitrogens is 2. The quantitative estimate of drug-likeness (QED) is 0.396. The van der Waals surface area contributed by atoms with Crippen LogP contribution < -0.4 is 10.1 Å². The minimum Gasteiger partial charge on any atom is -0.481 e. The fourth-order valence-electron chi connectivity index (χ4n) is 4.92. The molecule has 2 fully saturated rings. The van der Waals surface area contributed by atoms with Crippen molar-refractivity contribution >= 4 is 39.5 Å². The molecule has 0 saturated carbocycles. The van der Waals surface area contributed by atoms with Crippen molar-refractivity contribution < 1.29 is 29.3 Å². The largest absolute Gasteiger partial charge is 0.481 e. The minimum atomic E-state index is -1.08. The summed E-state index contributed by atoms with van der Waals surface area (Å²) in [6.07, 6.45) is 5.73. The van der Waals surface area contributed by atoms with Gasteiger partial charge in [-0.3, -0.25) is 19.3 Å². The van der Waals surface area contributed by atoms with Gasteiger partial charge in [-0.2, -0.15) is 4.98 Å². The number of hydrogen-bond donors (Lipinski definition) is 3. The predicted octanol–water partition coefficient (Wildman–Crippen LogP) is 4.05. The number of pyridine rings is 1. The van der Waals surface area contributed by atoms with Gasteiger partial charge in [0.2, 0.25) is 5.91 Å². The lowest BCUT2D eigenvalue weighted by atomic mass is 9.96. The third-order valence-electron chi connectivity index (χ3n) is 6.48. The summed E-state index contributed by atoms with van der Waals surface area (Å²) in [4.78, 5) is 42.0. The second-order valence-corrected chi connectivity index (χ2v) is 10.3. The van der Waals surface area contributed by atoms with E-state index in [-0.39, 0.29) is 18.7 Å². The van der Waals surface area contributed by atoms with Gasteiger partial charge in [0, 0.05) is 37.8 Å². The van der Waals surface area contributed by atoms with Gasteiger partial charge in [0.15, 0.2) is 5.65 Å². The van der Waals surface area contributed by atoms with E-state index in [1.54, 1.807) is 13.1 Å². The molecule has 2 aliphatic rings. The summed E-state index contributed by atoms with van der Waals surface area (Å²) < 4.78 is 6.95. The molecular weight excluding hydrogens is 496 g/mol. The Morgan fingerprint density at radius 2 is 1.70 bits per heavy atom. The fourth-order valence-corrected chi connectivity index (χ4v) is 5.71. The average molecular weight is 527 g/mol. The number of benzene rings is 1. The van der Waals surface area contributed by atoms with Gasteiger partial charge in [0.05, 0.1) is 17.5 Å². The van der Waals surface area contributed by atoms with Crippen LogP contribution in [-0.2, 0) is 20.9 Å². The van der Waals surface area contributed by atoms with Crippen molar-refractivity contribution in [1.82, 2.24) is 20.2 Å². The molecule has 196 valence electrons. The molecule has 4 heterocycles. The Bertz CT molecular complexity index is 1190. The van der Waals surface area contributed by atoms with Gasteiger partial charge < -0.3 is 20.3 Å². The van der Waals surface area contributed by atoms with E-state index >= 15 is 0 Å². The third-order valence-corrected chi connectivity index (χ3v) is 7.37. The summed E-state index contributed by atoms with van der Waals surface area (Å²) in [6, 6.07) is 13.7. The number of carbonyl (C=O) groups excluding carboxylic acids is 1. The van der Waals surface area contributed by atoms with Crippen LogP contribution >= 0.6 is 11.3 Å². The molecule has 37 heavy (non-hydrogen) atoms. The smallest absolute Gasteiger partial charge is 0.303 e. The number of nitrogens with one attached hydrogen (secondary N) is 1. The number of carbonyl (C=O) groups is 3. The monoisotopic (exact) mass is 526 g/mol. The van der Waals surface area contributed by atoms with Gasteiger partial charge in [0.1, 0.15) is 5.75 Å². The number of carboxylic acids is 2. The van der Waals surface area contributed by atoms with Crippen molar-refractivity contribution in [3.05, 3.63) is 48.2 Å². The van der Waals surface area contributed by atoms with Gasteiger partial charge in [-0.25, -0.2) is 4.98 Å². The second-order valence-electron chi connectivity index (χ2n) is 9.26. The van der Waals surface area contributed by atoms with Crippen LogP contribution in [0.25, 0.3) is 10.3 Å². The van der Waals surface area contributed by atoms with E-state index in [4.69, 9.17) is 14.9 Å². The third kappa shape index (κ3) is 7.46. The first-order valence-corrected chi connectivity index (χ1v) is 13.0. The van der Waals surface area contributed by atoms with Gasteiger partial charge >= 0.3 is 11.9 Å². The molecule has 3 atom stereocenters. The van der Waals surface area contributed by atoms with Crippen molar-refractivity contribution in [3.8, 4) is 10.9 Å². The van der Waals surface area contributed by atoms with Crippen molar-refractivity contribution in [2.24, 2.45) is 0 Å². The zero-order valence-electron chi connectivity index (χ0n) is 20.5. The highest BCUT2D eigenvalue weighted by atomic mass is 32.1. The molecule has 10 nitrogen and oxygen atoms in total. The maximum absolute atomic E-state index is 11.4. The number of hydrogen-bond acceptors (Lipinski definition) is 8. The van der Waals surface area contributed by atoms with Crippen molar-refractivity contribution in [1.29, 1.82) is 0 Å². The number of carboxylic acid groups (broad SMARTS) is 2. The van der Waals surface area contributed by atoms with Crippen LogP contribution in [0.5, 0.6) is 10.9 Å². The average Bonchev–Trinajstić information content (AvgIpc) is 3.35. The molecule has 0 radical (unpaired) electrons. The van der Waals surface area contributed by atoms with Gasteiger partial charge in [-0.15, -0.1) is 0 Å². The van der Waals surface area contributed by atoms with Crippen LogP contribution in [-0.4, -0.2) is 61.1 Å². The first-order chi connectivity index (χ1) is 17.8. The number of aliphatic carboxylic acids is 2. The molecule has 1 amide bonds. The van der Waals surface area contributed by atoms with Crippen molar-refractivity contribution in [3.63, 3.8) is 0 Å². The lowest BCUT2D eigenvalue weighted by Gasteiger charge is -2.39. The highest BCUT2D eigenvalue weighted by Crippen LogP contribution is 2.37. The molecule has 0 aliphatic carbocycles. The highest BCUT2D eigenvalue weighted by Gasteiger charge is 2.40. The van der Waals surface area contributed by atoms with Gasteiger partial charge in [-0.05, 0) is 55.5 Å². The Morgan fingerprint density at radius 3 is 2.27 bits per heavy atom. The summed E-state index contributed by atoms with van der Waals surface area (Å²) in [5.41, 5.74) is 2.01. The van der Waals surface area contributed by atoms with Crippen molar-refractivity contribution in [2.75, 3.05) is 0 Å². The molecule has 2 aromatic heterocycles. The van der Waals surface area contributed by atoms with E-state index in [0.29, 0.717) is 23.3 Å². The summed E-state index contributed by atoms with van der Waals surface area (Å²) >= 11 is 1.50. The van der Waals surface area contributed by atoms with E-state index in [0.717, 1.165) is 35.5 Å². The van der Waals surface area contributed by atoms with E-state index in [9.17, 15) is 14.4 Å². The van der Waals surface area contributed by atoms with Gasteiger partial charge in [0.25, 0.3) is 5.19 Å². The molecule has 0 spiro atoms. The Labute approximate surface area is 218 Å². The molecule has 3 aromatic rings. The van der Waals surface area contributed by atoms with E-state index in [2.05, 4.69) is 32.3 Å². The Balaban J connectivity index is 0.000000349. The number of rotatable bonds is 8. The van der Waals surface area contributed by atoms with E-state index in [1.165, 1.54) is 29.7 Å². The number of fused-ring (bicyclic) bond motifs is 3. The molecule has 5 rings (SSSR count). The first-order valence-electron chi connectivity index (χ1n) is 12.2. The maximum atomic E-state index is 11.4. The number of ether oxygens (including phenoxy) is 1. The molecule has 2 bridgehead atoms. The van der Waals surface area contributed by atoms with Gasteiger partial charge in [-0.1, -0.05) is 23.5 Å². The SMILES string of the molecule is CC(=O)NC1C[C@H]2CC[C@@H](C1)N2Cc1ccc(Oc2nc3ncccc3s2)cc1.O=C(O)CCC(=O)O. The standard InChI is InChI=1S/C22H24N4O2S.C4H6O4/c1-14(27)24-16-11-17-6-7-18(12-16)26(17)13-15-4-8-19(9-5-15)28-22-25-21-20(29-22)3-2-10-23-21;5-3(6)1-2-4(7)8/h2-5,8-10,16-18H,6-7,11-13H2,1H3,(H,24,27);1-2H2,(H,5,6)(H,7,8)/t16?,17-,18+;.